The van der Waals surface area contributed by atoms with Crippen LogP contribution in [0.3, 0.4) is 0 Å². The molecule has 3 aromatic rings. The molecule has 1 atom stereocenters. The minimum atomic E-state index is -4.56. The van der Waals surface area contributed by atoms with Crippen molar-refractivity contribution in [1.82, 2.24) is 9.47 Å². The molecule has 1 unspecified atom stereocenters. The Hall–Kier alpha value is -3.43. The Morgan fingerprint density at radius 2 is 1.55 bits per heavy atom. The van der Waals surface area contributed by atoms with Gasteiger partial charge in [-0.15, -0.1) is 0 Å². The second-order valence-corrected chi connectivity index (χ2v) is 7.70. The lowest BCUT2D eigenvalue weighted by Gasteiger charge is -2.31. The first-order chi connectivity index (χ1) is 15.5. The van der Waals surface area contributed by atoms with Crippen LogP contribution in [0.4, 0.5) is 36.8 Å². The van der Waals surface area contributed by atoms with Crippen molar-refractivity contribution >= 4 is 11.7 Å². The Bertz CT molecular complexity index is 1130. The van der Waals surface area contributed by atoms with Crippen molar-refractivity contribution in [2.75, 3.05) is 11.9 Å². The topological polar surface area (TPSA) is 37.3 Å². The van der Waals surface area contributed by atoms with E-state index in [1.807, 2.05) is 10.8 Å². The fourth-order valence-electron chi connectivity index (χ4n) is 3.97. The van der Waals surface area contributed by atoms with Crippen molar-refractivity contribution in [2.45, 2.75) is 31.4 Å². The molecule has 1 aromatic heterocycles. The lowest BCUT2D eigenvalue weighted by atomic mass is 10.0. The summed E-state index contributed by atoms with van der Waals surface area (Å²) in [4.78, 5) is 14.6. The molecule has 0 radical (unpaired) electrons. The molecule has 0 bridgehead atoms. The van der Waals surface area contributed by atoms with Crippen LogP contribution in [0, 0.1) is 0 Å². The van der Waals surface area contributed by atoms with E-state index in [2.05, 4.69) is 5.32 Å². The number of benzene rings is 2. The first kappa shape index (κ1) is 22.8. The van der Waals surface area contributed by atoms with E-state index in [1.54, 1.807) is 12.1 Å². The van der Waals surface area contributed by atoms with Crippen molar-refractivity contribution in [3.63, 3.8) is 0 Å². The van der Waals surface area contributed by atoms with Gasteiger partial charge in [0, 0.05) is 30.7 Å². The Balaban J connectivity index is 1.68. The zero-order valence-corrected chi connectivity index (χ0v) is 17.1. The number of amides is 2. The van der Waals surface area contributed by atoms with Gasteiger partial charge in [0.25, 0.3) is 0 Å². The molecule has 0 aliphatic carbocycles. The smallest absolute Gasteiger partial charge is 0.349 e. The molecule has 1 aliphatic rings. The second-order valence-electron chi connectivity index (χ2n) is 7.70. The number of carbonyl (C=O) groups excluding carboxylic acids is 1. The fraction of sp³-hybridized carbons (Fsp3) is 0.261. The van der Waals surface area contributed by atoms with Gasteiger partial charge in [0.15, 0.2) is 0 Å². The fourth-order valence-corrected chi connectivity index (χ4v) is 3.97. The molecular weight excluding hydrogens is 448 g/mol. The average molecular weight is 467 g/mol. The Morgan fingerprint density at radius 3 is 2.21 bits per heavy atom. The Labute approximate surface area is 185 Å². The van der Waals surface area contributed by atoms with Crippen LogP contribution in [0.1, 0.15) is 34.8 Å². The lowest BCUT2D eigenvalue weighted by molar-refractivity contribution is -0.138. The van der Waals surface area contributed by atoms with E-state index < -0.39 is 35.6 Å². The van der Waals surface area contributed by atoms with Crippen LogP contribution < -0.4 is 5.32 Å². The summed E-state index contributed by atoms with van der Waals surface area (Å²) in [5.74, 6) is 0. The summed E-state index contributed by atoms with van der Waals surface area (Å²) in [6.45, 7) is 0.852. The molecule has 4 rings (SSSR count). The summed E-state index contributed by atoms with van der Waals surface area (Å²) >= 11 is 0. The van der Waals surface area contributed by atoms with Gasteiger partial charge in [-0.3, -0.25) is 0 Å². The molecule has 0 saturated carbocycles. The van der Waals surface area contributed by atoms with Gasteiger partial charge >= 0.3 is 18.4 Å². The minimum absolute atomic E-state index is 0.0272. The van der Waals surface area contributed by atoms with Gasteiger partial charge in [0.2, 0.25) is 0 Å². The van der Waals surface area contributed by atoms with E-state index in [0.717, 1.165) is 24.3 Å². The lowest BCUT2D eigenvalue weighted by Crippen LogP contribution is -2.38. The number of urea groups is 1. The highest BCUT2D eigenvalue weighted by molar-refractivity contribution is 5.90. The third-order valence-electron chi connectivity index (χ3n) is 5.51. The van der Waals surface area contributed by atoms with Crippen molar-refractivity contribution in [2.24, 2.45) is 0 Å². The summed E-state index contributed by atoms with van der Waals surface area (Å²) in [7, 11) is 0. The van der Waals surface area contributed by atoms with E-state index in [1.165, 1.54) is 29.2 Å². The van der Waals surface area contributed by atoms with Crippen molar-refractivity contribution in [3.8, 4) is 0 Å². The Kier molecular flexibility index (Phi) is 5.85. The third kappa shape index (κ3) is 4.84. The number of aromatic nitrogens is 1. The largest absolute Gasteiger partial charge is 0.416 e. The van der Waals surface area contributed by atoms with Gasteiger partial charge < -0.3 is 14.8 Å². The number of anilines is 1. The summed E-state index contributed by atoms with van der Waals surface area (Å²) in [6.07, 6.45) is -6.68. The number of alkyl halides is 6. The number of carbonyl (C=O) groups is 1. The summed E-state index contributed by atoms with van der Waals surface area (Å²) < 4.78 is 80.1. The van der Waals surface area contributed by atoms with Crippen LogP contribution in [0.5, 0.6) is 0 Å². The van der Waals surface area contributed by atoms with Crippen molar-refractivity contribution in [1.29, 1.82) is 0 Å². The van der Waals surface area contributed by atoms with Gasteiger partial charge in [-0.1, -0.05) is 18.2 Å². The van der Waals surface area contributed by atoms with Crippen LogP contribution >= 0.6 is 0 Å². The van der Waals surface area contributed by atoms with E-state index in [-0.39, 0.29) is 12.2 Å². The van der Waals surface area contributed by atoms with E-state index in [9.17, 15) is 31.1 Å². The number of nitrogens with zero attached hydrogens (tertiary/aromatic N) is 2. The number of hydrogen-bond donors (Lipinski definition) is 1. The average Bonchev–Trinajstić information content (AvgIpc) is 3.12. The number of halogens is 6. The maximum atomic E-state index is 13.2. The predicted molar refractivity (Wildman–Crippen MR) is 110 cm³/mol. The molecule has 33 heavy (non-hydrogen) atoms. The molecule has 4 nitrogen and oxygen atoms in total. The monoisotopic (exact) mass is 467 g/mol. The number of aryl methyl sites for hydroxylation is 1. The standard InChI is InChI=1S/C23H19F6N3O/c24-22(25,26)16-9-7-15(8-10-16)20-19-6-2-11-31(19)12-3-13-32(20)21(33)30-18-5-1-4-17(14-18)23(27,28)29/h1-2,4-11,14,20H,3,12-13H2,(H,30,33). The van der Waals surface area contributed by atoms with Crippen LogP contribution in [0.2, 0.25) is 0 Å². The molecule has 2 amide bonds. The zero-order chi connectivity index (χ0) is 23.8. The third-order valence-corrected chi connectivity index (χ3v) is 5.51. The quantitative estimate of drug-likeness (QED) is 0.426. The molecule has 0 saturated heterocycles. The van der Waals surface area contributed by atoms with Crippen molar-refractivity contribution < 1.29 is 31.1 Å². The molecule has 2 aromatic carbocycles. The highest BCUT2D eigenvalue weighted by Crippen LogP contribution is 2.36. The van der Waals surface area contributed by atoms with Gasteiger partial charge in [-0.25, -0.2) is 4.79 Å². The van der Waals surface area contributed by atoms with Crippen LogP contribution in [-0.4, -0.2) is 22.0 Å². The van der Waals surface area contributed by atoms with E-state index >= 15 is 0 Å². The Morgan fingerprint density at radius 1 is 0.848 bits per heavy atom. The molecule has 10 heteroatoms. The van der Waals surface area contributed by atoms with Crippen LogP contribution in [0.15, 0.2) is 66.9 Å². The predicted octanol–water partition coefficient (Wildman–Crippen LogP) is 6.55. The minimum Gasteiger partial charge on any atom is -0.349 e. The summed E-state index contributed by atoms with van der Waals surface area (Å²) in [5, 5.41) is 2.51. The maximum absolute atomic E-state index is 13.2. The number of hydrogen-bond acceptors (Lipinski definition) is 1. The number of rotatable bonds is 2. The molecule has 174 valence electrons. The SMILES string of the molecule is O=C(Nc1cccc(C(F)(F)F)c1)N1CCCn2cccc2C1c1ccc(C(F)(F)F)cc1. The van der Waals surface area contributed by atoms with E-state index in [0.29, 0.717) is 24.2 Å². The highest BCUT2D eigenvalue weighted by atomic mass is 19.4. The summed E-state index contributed by atoms with van der Waals surface area (Å²) in [6, 6.07) is 11.0. The maximum Gasteiger partial charge on any atom is 0.416 e. The van der Waals surface area contributed by atoms with Gasteiger partial charge in [-0.2, -0.15) is 26.3 Å². The molecule has 2 heterocycles. The first-order valence-corrected chi connectivity index (χ1v) is 10.1. The number of nitrogens with one attached hydrogen (secondary N) is 1. The van der Waals surface area contributed by atoms with Crippen LogP contribution in [0.25, 0.3) is 0 Å². The first-order valence-electron chi connectivity index (χ1n) is 10.1. The summed E-state index contributed by atoms with van der Waals surface area (Å²) in [5.41, 5.74) is -0.573. The normalized spacial score (nSPS) is 16.8. The van der Waals surface area contributed by atoms with Gasteiger partial charge in [0.1, 0.15) is 0 Å². The molecule has 0 fully saturated rings. The number of fused-ring (bicyclic) bond motifs is 1. The second kappa shape index (κ2) is 8.49. The van der Waals surface area contributed by atoms with E-state index in [4.69, 9.17) is 0 Å². The molecule has 1 N–H and O–H groups in total. The molecule has 1 aliphatic heterocycles. The van der Waals surface area contributed by atoms with Crippen molar-refractivity contribution in [3.05, 3.63) is 89.2 Å². The molecular formula is C23H19F6N3O. The van der Waals surface area contributed by atoms with Crippen LogP contribution in [-0.2, 0) is 18.9 Å². The highest BCUT2D eigenvalue weighted by Gasteiger charge is 2.34. The van der Waals surface area contributed by atoms with Gasteiger partial charge in [-0.05, 0) is 54.4 Å². The zero-order valence-electron chi connectivity index (χ0n) is 17.1. The van der Waals surface area contributed by atoms with Gasteiger partial charge in [0.05, 0.1) is 17.2 Å². The molecule has 0 spiro atoms.